The molecular formula is C18H27FN2O2S. The van der Waals surface area contributed by atoms with Crippen molar-refractivity contribution in [3.05, 3.63) is 29.6 Å². The molecule has 0 radical (unpaired) electrons. The molecule has 3 rings (SSSR count). The Kier molecular flexibility index (Phi) is 5.00. The maximum Gasteiger partial charge on any atom is 0.246 e. The van der Waals surface area contributed by atoms with Crippen molar-refractivity contribution in [3.8, 4) is 0 Å². The first-order valence-electron chi connectivity index (χ1n) is 8.84. The minimum Gasteiger partial charge on any atom is -0.294 e. The van der Waals surface area contributed by atoms with Crippen molar-refractivity contribution in [2.75, 3.05) is 13.1 Å². The normalized spacial score (nSPS) is 29.9. The van der Waals surface area contributed by atoms with Gasteiger partial charge >= 0.3 is 0 Å². The van der Waals surface area contributed by atoms with Crippen LogP contribution >= 0.6 is 0 Å². The summed E-state index contributed by atoms with van der Waals surface area (Å²) >= 11 is 0. The van der Waals surface area contributed by atoms with E-state index in [-0.39, 0.29) is 10.9 Å². The number of hydrogen-bond acceptors (Lipinski definition) is 3. The Hall–Kier alpha value is -0.980. The second kappa shape index (κ2) is 6.73. The molecule has 1 aromatic rings. The molecule has 134 valence electrons. The average Bonchev–Trinajstić information content (AvgIpc) is 2.88. The zero-order valence-corrected chi connectivity index (χ0v) is 15.5. The number of aryl methyl sites for hydroxylation is 1. The second-order valence-corrected chi connectivity index (χ2v) is 9.22. The summed E-state index contributed by atoms with van der Waals surface area (Å²) in [5.74, 6) is -0.661. The zero-order valence-electron chi connectivity index (χ0n) is 14.7. The molecule has 2 saturated heterocycles. The van der Waals surface area contributed by atoms with E-state index < -0.39 is 15.8 Å². The average molecular weight is 354 g/mol. The molecule has 0 unspecified atom stereocenters. The lowest BCUT2D eigenvalue weighted by Crippen LogP contribution is -2.52. The Balaban J connectivity index is 1.85. The van der Waals surface area contributed by atoms with Gasteiger partial charge in [0, 0.05) is 31.2 Å². The van der Waals surface area contributed by atoms with Gasteiger partial charge < -0.3 is 0 Å². The van der Waals surface area contributed by atoms with Crippen LogP contribution in [0.15, 0.2) is 23.1 Å². The van der Waals surface area contributed by atoms with E-state index in [0.717, 1.165) is 31.2 Å². The van der Waals surface area contributed by atoms with Crippen molar-refractivity contribution in [2.45, 2.75) is 69.5 Å². The van der Waals surface area contributed by atoms with Gasteiger partial charge in [-0.2, -0.15) is 4.31 Å². The van der Waals surface area contributed by atoms with Gasteiger partial charge in [0.15, 0.2) is 0 Å². The van der Waals surface area contributed by atoms with E-state index in [1.165, 1.54) is 16.4 Å². The molecule has 2 aliphatic heterocycles. The van der Waals surface area contributed by atoms with Crippen molar-refractivity contribution in [1.82, 2.24) is 9.21 Å². The van der Waals surface area contributed by atoms with Crippen LogP contribution in [0.1, 0.15) is 45.1 Å². The number of likely N-dealkylation sites (tertiary alicyclic amines) is 1. The van der Waals surface area contributed by atoms with Crippen LogP contribution in [0.2, 0.25) is 0 Å². The summed E-state index contributed by atoms with van der Waals surface area (Å²) in [6.45, 7) is 7.16. The standard InChI is InChI=1S/C18H27FN2O2S/c1-13-6-9-17(19)18(11-13)24(22,23)20-10-4-5-16(12-20)21-14(2)7-8-15(21)3/h6,9,11,14-16H,4-5,7-8,10,12H2,1-3H3/t14-,15+,16-/m1/s1. The number of halogens is 1. The fourth-order valence-corrected chi connectivity index (χ4v) is 5.93. The van der Waals surface area contributed by atoms with Crippen molar-refractivity contribution in [3.63, 3.8) is 0 Å². The van der Waals surface area contributed by atoms with E-state index in [0.29, 0.717) is 25.2 Å². The number of piperidine rings is 1. The second-order valence-electron chi connectivity index (χ2n) is 7.32. The van der Waals surface area contributed by atoms with Crippen molar-refractivity contribution < 1.29 is 12.8 Å². The van der Waals surface area contributed by atoms with Crippen molar-refractivity contribution >= 4 is 10.0 Å². The minimum atomic E-state index is -3.78. The number of hydrogen-bond donors (Lipinski definition) is 0. The largest absolute Gasteiger partial charge is 0.294 e. The molecule has 0 aromatic heterocycles. The first kappa shape index (κ1) is 17.8. The maximum atomic E-state index is 14.1. The molecule has 0 saturated carbocycles. The van der Waals surface area contributed by atoms with Gasteiger partial charge in [0.2, 0.25) is 10.0 Å². The van der Waals surface area contributed by atoms with Gasteiger partial charge in [-0.3, -0.25) is 4.90 Å². The SMILES string of the molecule is Cc1ccc(F)c(S(=O)(=O)N2CCC[C@@H](N3[C@H](C)CC[C@@H]3C)C2)c1. The van der Waals surface area contributed by atoms with Gasteiger partial charge in [-0.1, -0.05) is 6.07 Å². The lowest BCUT2D eigenvalue weighted by molar-refractivity contribution is 0.0979. The van der Waals surface area contributed by atoms with Gasteiger partial charge in [-0.15, -0.1) is 0 Å². The van der Waals surface area contributed by atoms with Crippen LogP contribution in [0, 0.1) is 12.7 Å². The number of benzene rings is 1. The third-order valence-electron chi connectivity index (χ3n) is 5.51. The number of rotatable bonds is 3. The van der Waals surface area contributed by atoms with Crippen LogP contribution in [0.25, 0.3) is 0 Å². The molecular weight excluding hydrogens is 327 g/mol. The van der Waals surface area contributed by atoms with E-state index in [4.69, 9.17) is 0 Å². The summed E-state index contributed by atoms with van der Waals surface area (Å²) < 4.78 is 41.5. The topological polar surface area (TPSA) is 40.6 Å². The van der Waals surface area contributed by atoms with Gasteiger partial charge in [0.1, 0.15) is 10.7 Å². The van der Waals surface area contributed by atoms with Crippen molar-refractivity contribution in [1.29, 1.82) is 0 Å². The first-order valence-corrected chi connectivity index (χ1v) is 10.3. The molecule has 1 aromatic carbocycles. The summed E-state index contributed by atoms with van der Waals surface area (Å²) in [7, 11) is -3.78. The van der Waals surface area contributed by atoms with Crippen LogP contribution in [0.4, 0.5) is 4.39 Å². The molecule has 0 aliphatic carbocycles. The van der Waals surface area contributed by atoms with E-state index in [1.807, 2.05) is 0 Å². The highest BCUT2D eigenvalue weighted by Crippen LogP contribution is 2.32. The summed E-state index contributed by atoms with van der Waals surface area (Å²) in [4.78, 5) is 2.28. The predicted octanol–water partition coefficient (Wildman–Crippen LogP) is 3.16. The Morgan fingerprint density at radius 3 is 2.46 bits per heavy atom. The summed E-state index contributed by atoms with van der Waals surface area (Å²) in [6, 6.07) is 5.49. The highest BCUT2D eigenvalue weighted by Gasteiger charge is 2.39. The maximum absolute atomic E-state index is 14.1. The zero-order chi connectivity index (χ0) is 17.5. The van der Waals surface area contributed by atoms with Crippen LogP contribution in [-0.2, 0) is 10.0 Å². The Morgan fingerprint density at radius 1 is 1.12 bits per heavy atom. The molecule has 0 bridgehead atoms. The predicted molar refractivity (Wildman–Crippen MR) is 92.9 cm³/mol. The Morgan fingerprint density at radius 2 is 1.79 bits per heavy atom. The highest BCUT2D eigenvalue weighted by atomic mass is 32.2. The third-order valence-corrected chi connectivity index (χ3v) is 7.39. The molecule has 3 atom stereocenters. The molecule has 2 fully saturated rings. The van der Waals surface area contributed by atoms with Crippen LogP contribution in [0.3, 0.4) is 0 Å². The van der Waals surface area contributed by atoms with Crippen LogP contribution in [-0.4, -0.2) is 48.8 Å². The molecule has 0 spiro atoms. The lowest BCUT2D eigenvalue weighted by atomic mass is 10.0. The van der Waals surface area contributed by atoms with Crippen LogP contribution < -0.4 is 0 Å². The monoisotopic (exact) mass is 354 g/mol. The van der Waals surface area contributed by atoms with Crippen LogP contribution in [0.5, 0.6) is 0 Å². The third kappa shape index (κ3) is 3.24. The van der Waals surface area contributed by atoms with Crippen molar-refractivity contribution in [2.24, 2.45) is 0 Å². The highest BCUT2D eigenvalue weighted by molar-refractivity contribution is 7.89. The summed E-state index contributed by atoms with van der Waals surface area (Å²) in [6.07, 6.45) is 4.16. The molecule has 2 heterocycles. The quantitative estimate of drug-likeness (QED) is 0.837. The van der Waals surface area contributed by atoms with E-state index >= 15 is 0 Å². The van der Waals surface area contributed by atoms with E-state index in [9.17, 15) is 12.8 Å². The Labute approximate surface area is 144 Å². The lowest BCUT2D eigenvalue weighted by Gasteiger charge is -2.41. The van der Waals surface area contributed by atoms with E-state index in [2.05, 4.69) is 18.7 Å². The first-order chi connectivity index (χ1) is 11.3. The Bertz CT molecular complexity index is 697. The molecule has 0 N–H and O–H groups in total. The van der Waals surface area contributed by atoms with E-state index in [1.54, 1.807) is 13.0 Å². The number of sulfonamides is 1. The van der Waals surface area contributed by atoms with Gasteiger partial charge in [-0.05, 0) is 64.2 Å². The summed E-state index contributed by atoms with van der Waals surface area (Å²) in [5.41, 5.74) is 0.755. The fraction of sp³-hybridized carbons (Fsp3) is 0.667. The smallest absolute Gasteiger partial charge is 0.246 e. The minimum absolute atomic E-state index is 0.189. The van der Waals surface area contributed by atoms with Gasteiger partial charge in [0.25, 0.3) is 0 Å². The molecule has 2 aliphatic rings. The van der Waals surface area contributed by atoms with Gasteiger partial charge in [0.05, 0.1) is 0 Å². The fourth-order valence-electron chi connectivity index (χ4n) is 4.26. The van der Waals surface area contributed by atoms with Gasteiger partial charge in [-0.25, -0.2) is 12.8 Å². The molecule has 24 heavy (non-hydrogen) atoms. The summed E-state index contributed by atoms with van der Waals surface area (Å²) in [5, 5.41) is 0. The molecule has 0 amide bonds. The molecule has 4 nitrogen and oxygen atoms in total. The molecule has 6 heteroatoms. The number of nitrogens with zero attached hydrogens (tertiary/aromatic N) is 2.